The second-order valence-corrected chi connectivity index (χ2v) is 5.73. The van der Waals surface area contributed by atoms with E-state index in [1.54, 1.807) is 0 Å². The normalized spacial score (nSPS) is 23.8. The first kappa shape index (κ1) is 14.2. The Balaban J connectivity index is 1.87. The van der Waals surface area contributed by atoms with Gasteiger partial charge in [0.05, 0.1) is 5.69 Å². The Labute approximate surface area is 116 Å². The van der Waals surface area contributed by atoms with E-state index in [2.05, 4.69) is 23.9 Å². The summed E-state index contributed by atoms with van der Waals surface area (Å²) in [5, 5.41) is 0. The molecule has 0 N–H and O–H groups in total. The molecule has 1 aromatic heterocycles. The van der Waals surface area contributed by atoms with Gasteiger partial charge in [-0.3, -0.25) is 14.7 Å². The highest BCUT2D eigenvalue weighted by molar-refractivity contribution is 5.81. The molecule has 3 nitrogen and oxygen atoms in total. The number of nitrogens with zero attached hydrogens (tertiary/aromatic N) is 2. The molecule has 1 aromatic rings. The van der Waals surface area contributed by atoms with Gasteiger partial charge in [-0.25, -0.2) is 0 Å². The molecule has 0 saturated heterocycles. The average Bonchev–Trinajstić information content (AvgIpc) is 2.42. The van der Waals surface area contributed by atoms with Crippen LogP contribution in [-0.2, 0) is 11.3 Å². The summed E-state index contributed by atoms with van der Waals surface area (Å²) in [6.07, 6.45) is 5.97. The molecule has 3 heteroatoms. The Morgan fingerprint density at radius 3 is 2.95 bits per heavy atom. The first-order valence-corrected chi connectivity index (χ1v) is 7.30. The van der Waals surface area contributed by atoms with Crippen LogP contribution in [0.3, 0.4) is 0 Å². The fourth-order valence-corrected chi connectivity index (χ4v) is 2.96. The van der Waals surface area contributed by atoms with Gasteiger partial charge in [-0.1, -0.05) is 19.4 Å². The van der Waals surface area contributed by atoms with E-state index in [1.807, 2.05) is 24.4 Å². The van der Waals surface area contributed by atoms with Gasteiger partial charge in [0, 0.05) is 31.6 Å². The third kappa shape index (κ3) is 4.13. The summed E-state index contributed by atoms with van der Waals surface area (Å²) < 4.78 is 0. The lowest BCUT2D eigenvalue weighted by atomic mass is 9.79. The molecule has 1 aliphatic carbocycles. The average molecular weight is 260 g/mol. The second-order valence-electron chi connectivity index (χ2n) is 5.73. The minimum atomic E-state index is 0.229. The third-order valence-electron chi connectivity index (χ3n) is 4.14. The van der Waals surface area contributed by atoms with E-state index in [9.17, 15) is 4.79 Å². The van der Waals surface area contributed by atoms with Crippen LogP contribution in [0.1, 0.15) is 38.3 Å². The molecule has 19 heavy (non-hydrogen) atoms. The van der Waals surface area contributed by atoms with Crippen molar-refractivity contribution < 1.29 is 4.79 Å². The topological polar surface area (TPSA) is 33.2 Å². The van der Waals surface area contributed by atoms with E-state index in [-0.39, 0.29) is 5.92 Å². The van der Waals surface area contributed by atoms with Gasteiger partial charge in [-0.05, 0) is 37.9 Å². The number of rotatable bonds is 5. The van der Waals surface area contributed by atoms with Crippen molar-refractivity contribution in [3.05, 3.63) is 30.1 Å². The van der Waals surface area contributed by atoms with Crippen LogP contribution < -0.4 is 0 Å². The van der Waals surface area contributed by atoms with E-state index in [0.717, 1.165) is 44.0 Å². The maximum atomic E-state index is 12.0. The summed E-state index contributed by atoms with van der Waals surface area (Å²) in [7, 11) is 2.08. The van der Waals surface area contributed by atoms with Crippen LogP contribution >= 0.6 is 0 Å². The Bertz CT molecular complexity index is 404. The molecule has 1 fully saturated rings. The highest BCUT2D eigenvalue weighted by Crippen LogP contribution is 2.29. The number of hydrogen-bond donors (Lipinski definition) is 0. The maximum absolute atomic E-state index is 12.0. The van der Waals surface area contributed by atoms with Gasteiger partial charge in [0.2, 0.25) is 0 Å². The van der Waals surface area contributed by atoms with Crippen LogP contribution in [0.5, 0.6) is 0 Å². The lowest BCUT2D eigenvalue weighted by Crippen LogP contribution is -2.34. The number of carbonyl (C=O) groups is 1. The molecular formula is C16H24N2O. The number of hydrogen-bond acceptors (Lipinski definition) is 3. The van der Waals surface area contributed by atoms with Crippen LogP contribution in [-0.4, -0.2) is 29.3 Å². The molecule has 1 saturated carbocycles. The smallest absolute Gasteiger partial charge is 0.137 e. The van der Waals surface area contributed by atoms with Crippen LogP contribution in [0.15, 0.2) is 24.4 Å². The van der Waals surface area contributed by atoms with Crippen molar-refractivity contribution in [3.8, 4) is 0 Å². The number of aromatic nitrogens is 1. The summed E-state index contributed by atoms with van der Waals surface area (Å²) in [6.45, 7) is 3.92. The molecular weight excluding hydrogens is 236 g/mol. The second kappa shape index (κ2) is 6.80. The van der Waals surface area contributed by atoms with Gasteiger partial charge >= 0.3 is 0 Å². The summed E-state index contributed by atoms with van der Waals surface area (Å²) in [6, 6.07) is 5.98. The van der Waals surface area contributed by atoms with Gasteiger partial charge in [-0.2, -0.15) is 0 Å². The zero-order valence-corrected chi connectivity index (χ0v) is 12.0. The van der Waals surface area contributed by atoms with Crippen molar-refractivity contribution in [1.29, 1.82) is 0 Å². The third-order valence-corrected chi connectivity index (χ3v) is 4.14. The van der Waals surface area contributed by atoms with E-state index in [1.165, 1.54) is 6.42 Å². The first-order chi connectivity index (χ1) is 9.19. The summed E-state index contributed by atoms with van der Waals surface area (Å²) in [4.78, 5) is 18.6. The van der Waals surface area contributed by atoms with E-state index in [0.29, 0.717) is 5.78 Å². The number of Topliss-reactive ketones (excluding diaryl/α,β-unsaturated/α-hetero) is 1. The highest BCUT2D eigenvalue weighted by atomic mass is 16.1. The fourth-order valence-electron chi connectivity index (χ4n) is 2.96. The van der Waals surface area contributed by atoms with Crippen LogP contribution in [0.2, 0.25) is 0 Å². The van der Waals surface area contributed by atoms with Gasteiger partial charge in [0.25, 0.3) is 0 Å². The largest absolute Gasteiger partial charge is 0.300 e. The van der Waals surface area contributed by atoms with Gasteiger partial charge < -0.3 is 0 Å². The van der Waals surface area contributed by atoms with Gasteiger partial charge in [-0.15, -0.1) is 0 Å². The Morgan fingerprint density at radius 1 is 1.42 bits per heavy atom. The van der Waals surface area contributed by atoms with E-state index >= 15 is 0 Å². The van der Waals surface area contributed by atoms with Crippen LogP contribution in [0.4, 0.5) is 0 Å². The molecule has 2 rings (SSSR count). The molecule has 0 bridgehead atoms. The molecule has 104 valence electrons. The van der Waals surface area contributed by atoms with E-state index in [4.69, 9.17) is 0 Å². The molecule has 0 spiro atoms. The molecule has 0 radical (unpaired) electrons. The predicted octanol–water partition coefficient (Wildman–Crippen LogP) is 2.91. The molecule has 0 amide bonds. The summed E-state index contributed by atoms with van der Waals surface area (Å²) >= 11 is 0. The Morgan fingerprint density at radius 2 is 2.26 bits per heavy atom. The highest BCUT2D eigenvalue weighted by Gasteiger charge is 2.28. The molecule has 0 aliphatic heterocycles. The quantitative estimate of drug-likeness (QED) is 0.816. The molecule has 1 aliphatic rings. The summed E-state index contributed by atoms with van der Waals surface area (Å²) in [5.41, 5.74) is 1.07. The van der Waals surface area contributed by atoms with Gasteiger partial charge in [0.15, 0.2) is 0 Å². The van der Waals surface area contributed by atoms with Crippen molar-refractivity contribution in [2.24, 2.45) is 11.8 Å². The number of pyridine rings is 1. The van der Waals surface area contributed by atoms with Crippen molar-refractivity contribution in [1.82, 2.24) is 9.88 Å². The standard InChI is InChI=1S/C16H24N2O/c1-3-13-7-8-16(19)14(10-13)11-18(2)12-15-6-4-5-9-17-15/h4-6,9,13-14H,3,7-8,10-12H2,1-2H3. The molecule has 1 heterocycles. The van der Waals surface area contributed by atoms with Gasteiger partial charge in [0.1, 0.15) is 5.78 Å². The number of carbonyl (C=O) groups excluding carboxylic acids is 1. The van der Waals surface area contributed by atoms with Crippen LogP contribution in [0, 0.1) is 11.8 Å². The summed E-state index contributed by atoms with van der Waals surface area (Å²) in [5.74, 6) is 1.43. The Kier molecular flexibility index (Phi) is 5.08. The maximum Gasteiger partial charge on any atom is 0.137 e. The van der Waals surface area contributed by atoms with E-state index < -0.39 is 0 Å². The minimum absolute atomic E-state index is 0.229. The monoisotopic (exact) mass is 260 g/mol. The Hall–Kier alpha value is -1.22. The SMILES string of the molecule is CCC1CCC(=O)C(CN(C)Cc2ccccn2)C1. The minimum Gasteiger partial charge on any atom is -0.300 e. The van der Waals surface area contributed by atoms with Crippen molar-refractivity contribution >= 4 is 5.78 Å². The zero-order valence-electron chi connectivity index (χ0n) is 12.0. The molecule has 2 atom stereocenters. The van der Waals surface area contributed by atoms with Crippen LogP contribution in [0.25, 0.3) is 0 Å². The fraction of sp³-hybridized carbons (Fsp3) is 0.625. The lowest BCUT2D eigenvalue weighted by Gasteiger charge is -2.30. The molecule has 0 aromatic carbocycles. The van der Waals surface area contributed by atoms with Crippen molar-refractivity contribution in [3.63, 3.8) is 0 Å². The van der Waals surface area contributed by atoms with Crippen molar-refractivity contribution in [2.75, 3.05) is 13.6 Å². The zero-order chi connectivity index (χ0) is 13.7. The molecule has 2 unspecified atom stereocenters. The number of ketones is 1. The predicted molar refractivity (Wildman–Crippen MR) is 76.7 cm³/mol. The first-order valence-electron chi connectivity index (χ1n) is 7.30. The van der Waals surface area contributed by atoms with Crippen molar-refractivity contribution in [2.45, 2.75) is 39.2 Å². The lowest BCUT2D eigenvalue weighted by molar-refractivity contribution is -0.126.